The van der Waals surface area contributed by atoms with Crippen LogP contribution in [-0.2, 0) is 4.79 Å². The fraction of sp³-hybridized carbons (Fsp3) is 0.150. The Bertz CT molecular complexity index is 813. The number of ketones is 1. The molecule has 0 saturated carbocycles. The maximum Gasteiger partial charge on any atom is 0.387 e. The van der Waals surface area contributed by atoms with Crippen LogP contribution in [0.1, 0.15) is 11.1 Å². The first-order valence-corrected chi connectivity index (χ1v) is 7.69. The third-order valence-corrected chi connectivity index (χ3v) is 3.38. The lowest BCUT2D eigenvalue weighted by molar-refractivity contribution is -0.110. The van der Waals surface area contributed by atoms with Gasteiger partial charge in [-0.1, -0.05) is 30.4 Å². The summed E-state index contributed by atoms with van der Waals surface area (Å²) in [4.78, 5) is 12.0. The third kappa shape index (κ3) is 5.73. The molecular formula is C20H18F2O4. The van der Waals surface area contributed by atoms with Crippen molar-refractivity contribution in [1.82, 2.24) is 0 Å². The van der Waals surface area contributed by atoms with Crippen LogP contribution in [0.2, 0.25) is 0 Å². The number of methoxy groups -OCH3 is 2. The van der Waals surface area contributed by atoms with Crippen molar-refractivity contribution in [3.8, 4) is 17.2 Å². The van der Waals surface area contributed by atoms with E-state index in [1.165, 1.54) is 31.4 Å². The molecule has 2 rings (SSSR count). The van der Waals surface area contributed by atoms with Gasteiger partial charge < -0.3 is 14.2 Å². The van der Waals surface area contributed by atoms with E-state index in [0.29, 0.717) is 11.3 Å². The highest BCUT2D eigenvalue weighted by Crippen LogP contribution is 2.29. The minimum absolute atomic E-state index is 0.0658. The van der Waals surface area contributed by atoms with Crippen molar-refractivity contribution in [3.05, 3.63) is 65.7 Å². The van der Waals surface area contributed by atoms with Crippen LogP contribution >= 0.6 is 0 Å². The Morgan fingerprint density at radius 1 is 0.923 bits per heavy atom. The predicted octanol–water partition coefficient (Wildman–Crippen LogP) is 4.60. The van der Waals surface area contributed by atoms with E-state index in [2.05, 4.69) is 4.74 Å². The van der Waals surface area contributed by atoms with Gasteiger partial charge in [0.25, 0.3) is 0 Å². The minimum atomic E-state index is -2.94. The molecule has 0 spiro atoms. The minimum Gasteiger partial charge on any atom is -0.497 e. The third-order valence-electron chi connectivity index (χ3n) is 3.38. The largest absolute Gasteiger partial charge is 0.497 e. The molecule has 0 radical (unpaired) electrons. The van der Waals surface area contributed by atoms with Gasteiger partial charge in [-0.05, 0) is 47.5 Å². The molecule has 6 heteroatoms. The molecule has 0 fully saturated rings. The maximum atomic E-state index is 12.3. The van der Waals surface area contributed by atoms with E-state index >= 15 is 0 Å². The quantitative estimate of drug-likeness (QED) is 0.646. The van der Waals surface area contributed by atoms with Crippen LogP contribution < -0.4 is 14.2 Å². The summed E-state index contributed by atoms with van der Waals surface area (Å²) < 4.78 is 39.1. The van der Waals surface area contributed by atoms with E-state index in [4.69, 9.17) is 9.47 Å². The topological polar surface area (TPSA) is 44.8 Å². The van der Waals surface area contributed by atoms with Crippen LogP contribution in [0.4, 0.5) is 8.78 Å². The molecule has 0 N–H and O–H groups in total. The first kappa shape index (κ1) is 19.2. The van der Waals surface area contributed by atoms with Gasteiger partial charge in [0.05, 0.1) is 14.2 Å². The lowest BCUT2D eigenvalue weighted by atomic mass is 10.1. The summed E-state index contributed by atoms with van der Waals surface area (Å²) in [5.41, 5.74) is 1.45. The summed E-state index contributed by atoms with van der Waals surface area (Å²) >= 11 is 0. The summed E-state index contributed by atoms with van der Waals surface area (Å²) in [6.45, 7) is -2.94. The molecule has 136 valence electrons. The molecule has 0 unspecified atom stereocenters. The van der Waals surface area contributed by atoms with Crippen molar-refractivity contribution >= 4 is 17.9 Å². The number of halogens is 2. The zero-order chi connectivity index (χ0) is 18.9. The number of carbonyl (C=O) groups excluding carboxylic acids is 1. The van der Waals surface area contributed by atoms with Gasteiger partial charge >= 0.3 is 6.61 Å². The number of allylic oxidation sites excluding steroid dienone is 2. The maximum absolute atomic E-state index is 12.3. The molecule has 0 aliphatic rings. The fourth-order valence-electron chi connectivity index (χ4n) is 2.14. The normalized spacial score (nSPS) is 11.3. The number of hydrogen-bond acceptors (Lipinski definition) is 4. The van der Waals surface area contributed by atoms with Crippen molar-refractivity contribution in [2.75, 3.05) is 14.2 Å². The van der Waals surface area contributed by atoms with E-state index in [1.807, 2.05) is 18.2 Å². The number of hydrogen-bond donors (Lipinski definition) is 0. The lowest BCUT2D eigenvalue weighted by Gasteiger charge is -2.10. The Balaban J connectivity index is 2.06. The van der Waals surface area contributed by atoms with Gasteiger partial charge in [-0.25, -0.2) is 0 Å². The van der Waals surface area contributed by atoms with Gasteiger partial charge in [-0.3, -0.25) is 4.79 Å². The Morgan fingerprint density at radius 2 is 1.62 bits per heavy atom. The van der Waals surface area contributed by atoms with Crippen molar-refractivity contribution in [2.45, 2.75) is 6.61 Å². The molecule has 0 saturated heterocycles. The van der Waals surface area contributed by atoms with Gasteiger partial charge in [0, 0.05) is 0 Å². The van der Waals surface area contributed by atoms with Gasteiger partial charge in [0.1, 0.15) is 5.75 Å². The molecule has 2 aromatic rings. The molecule has 0 amide bonds. The Kier molecular flexibility index (Phi) is 6.91. The first-order valence-electron chi connectivity index (χ1n) is 7.69. The average molecular weight is 360 g/mol. The second kappa shape index (κ2) is 9.36. The van der Waals surface area contributed by atoms with Crippen molar-refractivity contribution in [3.63, 3.8) is 0 Å². The molecule has 4 nitrogen and oxygen atoms in total. The van der Waals surface area contributed by atoms with Gasteiger partial charge in [0.2, 0.25) is 0 Å². The van der Waals surface area contributed by atoms with Gasteiger partial charge in [0.15, 0.2) is 17.3 Å². The number of ether oxygens (including phenoxy) is 3. The zero-order valence-electron chi connectivity index (χ0n) is 14.3. The second-order valence-electron chi connectivity index (χ2n) is 5.13. The van der Waals surface area contributed by atoms with E-state index in [0.717, 1.165) is 5.56 Å². The number of carbonyl (C=O) groups is 1. The Morgan fingerprint density at radius 3 is 2.23 bits per heavy atom. The van der Waals surface area contributed by atoms with Crippen LogP contribution in [0.5, 0.6) is 17.2 Å². The Hall–Kier alpha value is -3.15. The molecule has 0 heterocycles. The molecule has 0 aliphatic heterocycles. The number of alkyl halides is 2. The molecule has 0 aliphatic carbocycles. The molecule has 26 heavy (non-hydrogen) atoms. The number of benzene rings is 2. The van der Waals surface area contributed by atoms with Crippen molar-refractivity contribution in [2.24, 2.45) is 0 Å². The van der Waals surface area contributed by atoms with Crippen LogP contribution in [-0.4, -0.2) is 26.6 Å². The van der Waals surface area contributed by atoms with Gasteiger partial charge in [-0.15, -0.1) is 0 Å². The van der Waals surface area contributed by atoms with E-state index in [1.54, 1.807) is 31.4 Å². The smallest absolute Gasteiger partial charge is 0.387 e. The summed E-state index contributed by atoms with van der Waals surface area (Å²) in [7, 11) is 2.92. The van der Waals surface area contributed by atoms with E-state index in [-0.39, 0.29) is 17.3 Å². The average Bonchev–Trinajstić information content (AvgIpc) is 2.65. The highest BCUT2D eigenvalue weighted by molar-refractivity contribution is 6.04. The standard InChI is InChI=1S/C20H18F2O4/c1-24-17-5-3-4-14(12-17)6-9-16(23)10-7-15-8-11-18(26-20(21)22)19(13-15)25-2/h3-13,20H,1-2H3/b9-6+,10-7+. The highest BCUT2D eigenvalue weighted by atomic mass is 19.3. The SMILES string of the molecule is COc1cccc(/C=C/C(=O)/C=C/c2ccc(OC(F)F)c(OC)c2)c1. The Labute approximate surface area is 150 Å². The highest BCUT2D eigenvalue weighted by Gasteiger charge is 2.10. The number of rotatable bonds is 8. The fourth-order valence-corrected chi connectivity index (χ4v) is 2.14. The van der Waals surface area contributed by atoms with Crippen molar-refractivity contribution < 1.29 is 27.8 Å². The van der Waals surface area contributed by atoms with Crippen molar-refractivity contribution in [1.29, 1.82) is 0 Å². The molecule has 0 aromatic heterocycles. The first-order chi connectivity index (χ1) is 12.5. The van der Waals surface area contributed by atoms with E-state index in [9.17, 15) is 13.6 Å². The van der Waals surface area contributed by atoms with Crippen LogP contribution in [0, 0.1) is 0 Å². The zero-order valence-corrected chi connectivity index (χ0v) is 14.3. The molecule has 2 aromatic carbocycles. The van der Waals surface area contributed by atoms with Crippen LogP contribution in [0.25, 0.3) is 12.2 Å². The van der Waals surface area contributed by atoms with E-state index < -0.39 is 6.61 Å². The predicted molar refractivity (Wildman–Crippen MR) is 95.7 cm³/mol. The summed E-state index contributed by atoms with van der Waals surface area (Å²) in [6, 6.07) is 11.7. The molecular weight excluding hydrogens is 342 g/mol. The summed E-state index contributed by atoms with van der Waals surface area (Å²) in [5, 5.41) is 0. The summed E-state index contributed by atoms with van der Waals surface area (Å²) in [6.07, 6.45) is 6.04. The monoisotopic (exact) mass is 360 g/mol. The second-order valence-corrected chi connectivity index (χ2v) is 5.13. The molecule has 0 atom stereocenters. The van der Waals surface area contributed by atoms with Crippen LogP contribution in [0.3, 0.4) is 0 Å². The van der Waals surface area contributed by atoms with Crippen LogP contribution in [0.15, 0.2) is 54.6 Å². The molecule has 0 bridgehead atoms. The van der Waals surface area contributed by atoms with Gasteiger partial charge in [-0.2, -0.15) is 8.78 Å². The summed E-state index contributed by atoms with van der Waals surface area (Å²) in [5.74, 6) is 0.573. The lowest BCUT2D eigenvalue weighted by Crippen LogP contribution is -2.03.